The molecule has 1 amide bonds. The second-order valence-electron chi connectivity index (χ2n) is 3.96. The van der Waals surface area contributed by atoms with Gasteiger partial charge in [0.15, 0.2) is 0 Å². The summed E-state index contributed by atoms with van der Waals surface area (Å²) >= 11 is 0. The maximum absolute atomic E-state index is 10.9. The summed E-state index contributed by atoms with van der Waals surface area (Å²) in [5.41, 5.74) is 4.62. The Hall–Kier alpha value is -1.35. The molecule has 3 heteroatoms. The quantitative estimate of drug-likeness (QED) is 0.448. The molecule has 3 nitrogen and oxygen atoms in total. The lowest BCUT2D eigenvalue weighted by atomic mass is 10.0. The maximum Gasteiger partial charge on any atom is 0.234 e. The first-order valence-corrected chi connectivity index (χ1v) is 5.21. The zero-order valence-electron chi connectivity index (χ0n) is 9.29. The molecular formula is C12H18N2O. The fourth-order valence-electron chi connectivity index (χ4n) is 1.40. The first-order valence-electron chi connectivity index (χ1n) is 5.21. The van der Waals surface area contributed by atoms with Crippen molar-refractivity contribution in [3.05, 3.63) is 35.4 Å². The van der Waals surface area contributed by atoms with Gasteiger partial charge < -0.3 is 0 Å². The predicted molar refractivity (Wildman–Crippen MR) is 61.2 cm³/mol. The Morgan fingerprint density at radius 3 is 2.40 bits per heavy atom. The van der Waals surface area contributed by atoms with Gasteiger partial charge in [-0.25, -0.2) is 5.84 Å². The minimum Gasteiger partial charge on any atom is -0.294 e. The minimum absolute atomic E-state index is 0.122. The highest BCUT2D eigenvalue weighted by molar-refractivity contribution is 5.75. The lowest BCUT2D eigenvalue weighted by Crippen LogP contribution is -2.30. The molecule has 1 rings (SSSR count). The summed E-state index contributed by atoms with van der Waals surface area (Å²) in [5, 5.41) is 0. The number of carbonyl (C=O) groups excluding carboxylic acids is 1. The van der Waals surface area contributed by atoms with Crippen LogP contribution in [0.5, 0.6) is 0 Å². The molecule has 15 heavy (non-hydrogen) atoms. The summed E-state index contributed by atoms with van der Waals surface area (Å²) in [6, 6.07) is 8.36. The van der Waals surface area contributed by atoms with Crippen LogP contribution in [0.2, 0.25) is 0 Å². The van der Waals surface area contributed by atoms with E-state index in [1.54, 1.807) is 0 Å². The Morgan fingerprint density at radius 2 is 1.93 bits per heavy atom. The van der Waals surface area contributed by atoms with Crippen molar-refractivity contribution in [1.82, 2.24) is 5.43 Å². The largest absolute Gasteiger partial charge is 0.294 e. The average molecular weight is 206 g/mol. The minimum atomic E-state index is -0.122. The molecule has 0 unspecified atom stereocenters. The van der Waals surface area contributed by atoms with Gasteiger partial charge in [-0.05, 0) is 23.5 Å². The summed E-state index contributed by atoms with van der Waals surface area (Å²) in [7, 11) is 0. The topological polar surface area (TPSA) is 55.1 Å². The van der Waals surface area contributed by atoms with E-state index in [1.807, 2.05) is 0 Å². The Bertz CT molecular complexity index is 317. The number of rotatable bonds is 4. The fourth-order valence-corrected chi connectivity index (χ4v) is 1.40. The molecule has 0 bridgehead atoms. The number of hydrazine groups is 1. The third kappa shape index (κ3) is 3.72. The number of hydrogen-bond acceptors (Lipinski definition) is 2. The van der Waals surface area contributed by atoms with Crippen LogP contribution in [0, 0.1) is 0 Å². The predicted octanol–water partition coefficient (Wildman–Crippen LogP) is 1.73. The molecule has 0 heterocycles. The van der Waals surface area contributed by atoms with Crippen molar-refractivity contribution in [1.29, 1.82) is 0 Å². The van der Waals surface area contributed by atoms with E-state index in [2.05, 4.69) is 43.5 Å². The van der Waals surface area contributed by atoms with E-state index in [1.165, 1.54) is 11.1 Å². The highest BCUT2D eigenvalue weighted by Crippen LogP contribution is 2.15. The summed E-state index contributed by atoms with van der Waals surface area (Å²) < 4.78 is 0. The van der Waals surface area contributed by atoms with Gasteiger partial charge in [-0.1, -0.05) is 38.1 Å². The van der Waals surface area contributed by atoms with Crippen LogP contribution in [-0.4, -0.2) is 5.91 Å². The second kappa shape index (κ2) is 5.51. The van der Waals surface area contributed by atoms with Crippen LogP contribution in [-0.2, 0) is 11.2 Å². The van der Waals surface area contributed by atoms with Crippen LogP contribution in [0.3, 0.4) is 0 Å². The van der Waals surface area contributed by atoms with Crippen molar-refractivity contribution >= 4 is 5.91 Å². The van der Waals surface area contributed by atoms with Gasteiger partial charge in [-0.2, -0.15) is 0 Å². The number of hydrogen-bond donors (Lipinski definition) is 2. The molecule has 1 aromatic rings. The van der Waals surface area contributed by atoms with Gasteiger partial charge in [0.2, 0.25) is 5.91 Å². The Balaban J connectivity index is 2.53. The average Bonchev–Trinajstić information content (AvgIpc) is 2.26. The van der Waals surface area contributed by atoms with Crippen LogP contribution >= 0.6 is 0 Å². The van der Waals surface area contributed by atoms with Gasteiger partial charge in [0.25, 0.3) is 0 Å². The van der Waals surface area contributed by atoms with Crippen LogP contribution in [0.25, 0.3) is 0 Å². The van der Waals surface area contributed by atoms with Crippen molar-refractivity contribution in [3.63, 3.8) is 0 Å². The molecular weight excluding hydrogens is 188 g/mol. The van der Waals surface area contributed by atoms with E-state index >= 15 is 0 Å². The number of nitrogens with one attached hydrogen (secondary N) is 1. The van der Waals surface area contributed by atoms with Gasteiger partial charge in [0, 0.05) is 6.42 Å². The molecule has 0 aliphatic heterocycles. The number of aryl methyl sites for hydroxylation is 1. The molecule has 0 atom stereocenters. The Morgan fingerprint density at radius 1 is 1.33 bits per heavy atom. The molecule has 1 aromatic carbocycles. The third-order valence-electron chi connectivity index (χ3n) is 2.45. The smallest absolute Gasteiger partial charge is 0.234 e. The van der Waals surface area contributed by atoms with Crippen LogP contribution in [0.15, 0.2) is 24.3 Å². The summed E-state index contributed by atoms with van der Waals surface area (Å²) in [6.45, 7) is 4.33. The van der Waals surface area contributed by atoms with Crippen molar-refractivity contribution in [3.8, 4) is 0 Å². The first kappa shape index (κ1) is 11.7. The fraction of sp³-hybridized carbons (Fsp3) is 0.417. The first-order chi connectivity index (χ1) is 7.13. The van der Waals surface area contributed by atoms with E-state index in [9.17, 15) is 4.79 Å². The van der Waals surface area contributed by atoms with Crippen molar-refractivity contribution in [2.24, 2.45) is 5.84 Å². The highest BCUT2D eigenvalue weighted by atomic mass is 16.2. The monoisotopic (exact) mass is 206 g/mol. The number of carbonyl (C=O) groups is 1. The van der Waals surface area contributed by atoms with E-state index in [0.29, 0.717) is 12.3 Å². The van der Waals surface area contributed by atoms with Crippen molar-refractivity contribution < 1.29 is 4.79 Å². The Kier molecular flexibility index (Phi) is 4.31. The molecule has 0 radical (unpaired) electrons. The third-order valence-corrected chi connectivity index (χ3v) is 2.45. The lowest BCUT2D eigenvalue weighted by Gasteiger charge is -2.06. The molecule has 0 spiro atoms. The van der Waals surface area contributed by atoms with Gasteiger partial charge in [-0.15, -0.1) is 0 Å². The van der Waals surface area contributed by atoms with Crippen LogP contribution in [0.4, 0.5) is 0 Å². The van der Waals surface area contributed by atoms with E-state index in [0.717, 1.165) is 6.42 Å². The van der Waals surface area contributed by atoms with Gasteiger partial charge in [-0.3, -0.25) is 10.2 Å². The molecule has 0 aromatic heterocycles. The number of benzene rings is 1. The molecule has 0 saturated heterocycles. The molecule has 3 N–H and O–H groups in total. The summed E-state index contributed by atoms with van der Waals surface area (Å²) in [5.74, 6) is 5.43. The van der Waals surface area contributed by atoms with E-state index in [-0.39, 0.29) is 5.91 Å². The molecule has 0 fully saturated rings. The highest BCUT2D eigenvalue weighted by Gasteiger charge is 2.01. The molecule has 82 valence electrons. The second-order valence-corrected chi connectivity index (χ2v) is 3.96. The van der Waals surface area contributed by atoms with Crippen LogP contribution < -0.4 is 11.3 Å². The maximum atomic E-state index is 10.9. The Labute approximate surface area is 90.6 Å². The molecule has 0 saturated carbocycles. The standard InChI is InChI=1S/C12H18N2O/c1-9(2)11-6-3-10(4-7-11)5-8-12(15)14-13/h3-4,6-7,9H,5,8,13H2,1-2H3,(H,14,15). The zero-order valence-corrected chi connectivity index (χ0v) is 9.29. The summed E-state index contributed by atoms with van der Waals surface area (Å²) in [6.07, 6.45) is 1.18. The van der Waals surface area contributed by atoms with Gasteiger partial charge >= 0.3 is 0 Å². The summed E-state index contributed by atoms with van der Waals surface area (Å²) in [4.78, 5) is 10.9. The van der Waals surface area contributed by atoms with Crippen molar-refractivity contribution in [2.75, 3.05) is 0 Å². The lowest BCUT2D eigenvalue weighted by molar-refractivity contribution is -0.121. The van der Waals surface area contributed by atoms with Crippen molar-refractivity contribution in [2.45, 2.75) is 32.6 Å². The zero-order chi connectivity index (χ0) is 11.3. The molecule has 0 aliphatic carbocycles. The number of nitrogens with two attached hydrogens (primary N) is 1. The van der Waals surface area contributed by atoms with Gasteiger partial charge in [0.1, 0.15) is 0 Å². The van der Waals surface area contributed by atoms with Gasteiger partial charge in [0.05, 0.1) is 0 Å². The van der Waals surface area contributed by atoms with E-state index in [4.69, 9.17) is 5.84 Å². The van der Waals surface area contributed by atoms with Crippen LogP contribution in [0.1, 0.15) is 37.3 Å². The molecule has 0 aliphatic rings. The number of amides is 1. The normalized spacial score (nSPS) is 10.4. The van der Waals surface area contributed by atoms with E-state index < -0.39 is 0 Å². The SMILES string of the molecule is CC(C)c1ccc(CCC(=O)NN)cc1.